The molecule has 0 aliphatic rings. The standard InChI is InChI=1S/C18H16N4O2/c1-18(2,3)13-6-4-12(5-7-13)17-15(10-19)21-11-14(22(23)24)8-9-16(21)20-17/h4-9,11H,1-3H3. The smallest absolute Gasteiger partial charge is 0.284 e. The Bertz CT molecular complexity index is 973. The summed E-state index contributed by atoms with van der Waals surface area (Å²) in [5, 5.41) is 20.4. The van der Waals surface area contributed by atoms with E-state index in [0.717, 1.165) is 5.56 Å². The molecule has 0 radical (unpaired) electrons. The lowest BCUT2D eigenvalue weighted by atomic mass is 9.86. The first-order valence-corrected chi connectivity index (χ1v) is 7.49. The summed E-state index contributed by atoms with van der Waals surface area (Å²) in [6.45, 7) is 6.40. The van der Waals surface area contributed by atoms with Crippen molar-refractivity contribution < 1.29 is 4.92 Å². The van der Waals surface area contributed by atoms with E-state index in [0.29, 0.717) is 11.3 Å². The normalized spacial score (nSPS) is 11.4. The zero-order valence-corrected chi connectivity index (χ0v) is 13.6. The van der Waals surface area contributed by atoms with Crippen molar-refractivity contribution in [2.24, 2.45) is 0 Å². The monoisotopic (exact) mass is 320 g/mol. The number of nitrogens with zero attached hydrogens (tertiary/aromatic N) is 4. The van der Waals surface area contributed by atoms with E-state index in [9.17, 15) is 15.4 Å². The van der Waals surface area contributed by atoms with Crippen LogP contribution in [0.5, 0.6) is 0 Å². The second-order valence-corrected chi connectivity index (χ2v) is 6.62. The molecule has 2 aromatic heterocycles. The minimum atomic E-state index is -0.488. The predicted molar refractivity (Wildman–Crippen MR) is 90.7 cm³/mol. The minimum absolute atomic E-state index is 0.0378. The largest absolute Gasteiger partial charge is 0.286 e. The Labute approximate surface area is 139 Å². The van der Waals surface area contributed by atoms with Gasteiger partial charge in [-0.25, -0.2) is 4.98 Å². The highest BCUT2D eigenvalue weighted by atomic mass is 16.6. The second-order valence-electron chi connectivity index (χ2n) is 6.62. The van der Waals surface area contributed by atoms with Crippen LogP contribution >= 0.6 is 0 Å². The molecule has 120 valence electrons. The lowest BCUT2D eigenvalue weighted by Gasteiger charge is -2.18. The number of nitro groups is 1. The maximum absolute atomic E-state index is 10.9. The summed E-state index contributed by atoms with van der Waals surface area (Å²) < 4.78 is 1.46. The molecule has 0 bridgehead atoms. The number of pyridine rings is 1. The Morgan fingerprint density at radius 2 is 1.83 bits per heavy atom. The van der Waals surface area contributed by atoms with E-state index in [-0.39, 0.29) is 16.8 Å². The summed E-state index contributed by atoms with van der Waals surface area (Å²) >= 11 is 0. The van der Waals surface area contributed by atoms with Crippen molar-refractivity contribution in [3.8, 4) is 17.3 Å². The molecule has 0 saturated heterocycles. The molecule has 0 spiro atoms. The van der Waals surface area contributed by atoms with E-state index in [1.165, 1.54) is 22.2 Å². The molecule has 2 heterocycles. The lowest BCUT2D eigenvalue weighted by Crippen LogP contribution is -2.10. The summed E-state index contributed by atoms with van der Waals surface area (Å²) in [6, 6.07) is 12.9. The molecule has 0 fully saturated rings. The molecule has 3 rings (SSSR count). The van der Waals surface area contributed by atoms with Crippen LogP contribution in [0.3, 0.4) is 0 Å². The van der Waals surface area contributed by atoms with Crippen molar-refractivity contribution in [1.29, 1.82) is 5.26 Å². The van der Waals surface area contributed by atoms with Gasteiger partial charge in [-0.3, -0.25) is 14.5 Å². The maximum atomic E-state index is 10.9. The molecule has 0 aliphatic carbocycles. The lowest BCUT2D eigenvalue weighted by molar-refractivity contribution is -0.385. The first-order chi connectivity index (χ1) is 11.3. The number of fused-ring (bicyclic) bond motifs is 1. The summed E-state index contributed by atoms with van der Waals surface area (Å²) in [5.74, 6) is 0. The van der Waals surface area contributed by atoms with Crippen LogP contribution in [0.2, 0.25) is 0 Å². The van der Waals surface area contributed by atoms with Gasteiger partial charge in [0, 0.05) is 11.6 Å². The molecule has 6 nitrogen and oxygen atoms in total. The van der Waals surface area contributed by atoms with Crippen molar-refractivity contribution in [3.63, 3.8) is 0 Å². The quantitative estimate of drug-likeness (QED) is 0.526. The van der Waals surface area contributed by atoms with Gasteiger partial charge in [-0.05, 0) is 17.0 Å². The van der Waals surface area contributed by atoms with Crippen molar-refractivity contribution in [3.05, 3.63) is 64.0 Å². The van der Waals surface area contributed by atoms with Gasteiger partial charge < -0.3 is 0 Å². The molecule has 24 heavy (non-hydrogen) atoms. The Kier molecular flexibility index (Phi) is 3.57. The van der Waals surface area contributed by atoms with Crippen LogP contribution in [-0.4, -0.2) is 14.3 Å². The van der Waals surface area contributed by atoms with Crippen molar-refractivity contribution in [1.82, 2.24) is 9.38 Å². The van der Waals surface area contributed by atoms with Gasteiger partial charge in [-0.2, -0.15) is 5.26 Å². The molecule has 0 saturated carbocycles. The molecule has 0 aliphatic heterocycles. The van der Waals surface area contributed by atoms with E-state index >= 15 is 0 Å². The van der Waals surface area contributed by atoms with Gasteiger partial charge in [0.25, 0.3) is 5.69 Å². The van der Waals surface area contributed by atoms with Gasteiger partial charge in [0.15, 0.2) is 5.69 Å². The SMILES string of the molecule is CC(C)(C)c1ccc(-c2nc3ccc([N+](=O)[O-])cn3c2C#N)cc1. The fourth-order valence-corrected chi connectivity index (χ4v) is 2.58. The fourth-order valence-electron chi connectivity index (χ4n) is 2.58. The van der Waals surface area contributed by atoms with Gasteiger partial charge in [0.2, 0.25) is 0 Å². The van der Waals surface area contributed by atoms with Gasteiger partial charge in [0.05, 0.1) is 11.1 Å². The molecule has 6 heteroatoms. The number of nitriles is 1. The van der Waals surface area contributed by atoms with E-state index < -0.39 is 4.92 Å². The highest BCUT2D eigenvalue weighted by molar-refractivity contribution is 5.70. The molecule has 0 atom stereocenters. The second kappa shape index (κ2) is 5.46. The third-order valence-electron chi connectivity index (χ3n) is 3.94. The van der Waals surface area contributed by atoms with Crippen LogP contribution in [0.15, 0.2) is 42.6 Å². The van der Waals surface area contributed by atoms with Crippen molar-refractivity contribution in [2.75, 3.05) is 0 Å². The van der Waals surface area contributed by atoms with Gasteiger partial charge in [0.1, 0.15) is 17.4 Å². The summed E-state index contributed by atoms with van der Waals surface area (Å²) in [4.78, 5) is 14.9. The zero-order valence-electron chi connectivity index (χ0n) is 13.6. The van der Waals surface area contributed by atoms with Crippen molar-refractivity contribution in [2.45, 2.75) is 26.2 Å². The number of aromatic nitrogens is 2. The van der Waals surface area contributed by atoms with Crippen LogP contribution in [0, 0.1) is 21.4 Å². The number of imidazole rings is 1. The number of benzene rings is 1. The molecular formula is C18H16N4O2. The fraction of sp³-hybridized carbons (Fsp3) is 0.222. The molecule has 3 aromatic rings. The van der Waals surface area contributed by atoms with Crippen LogP contribution in [0.25, 0.3) is 16.9 Å². The highest BCUT2D eigenvalue weighted by Gasteiger charge is 2.18. The molecule has 0 amide bonds. The van der Waals surface area contributed by atoms with Crippen LogP contribution in [0.1, 0.15) is 32.0 Å². The van der Waals surface area contributed by atoms with E-state index in [1.807, 2.05) is 24.3 Å². The van der Waals surface area contributed by atoms with Crippen molar-refractivity contribution >= 4 is 11.3 Å². The average Bonchev–Trinajstić information content (AvgIpc) is 2.91. The Hall–Kier alpha value is -3.20. The zero-order chi connectivity index (χ0) is 17.5. The van der Waals surface area contributed by atoms with E-state index in [4.69, 9.17) is 0 Å². The number of hydrogen-bond acceptors (Lipinski definition) is 4. The number of rotatable bonds is 2. The average molecular weight is 320 g/mol. The Balaban J connectivity index is 2.16. The van der Waals surface area contributed by atoms with Gasteiger partial charge in [-0.15, -0.1) is 0 Å². The molecule has 0 unspecified atom stereocenters. The van der Waals surface area contributed by atoms with Gasteiger partial charge >= 0.3 is 0 Å². The molecule has 0 N–H and O–H groups in total. The Morgan fingerprint density at radius 1 is 1.17 bits per heavy atom. The molecule has 1 aromatic carbocycles. The topological polar surface area (TPSA) is 84.2 Å². The Morgan fingerprint density at radius 3 is 2.38 bits per heavy atom. The van der Waals surface area contributed by atoms with Crippen LogP contribution in [-0.2, 0) is 5.41 Å². The number of hydrogen-bond donors (Lipinski definition) is 0. The molecular weight excluding hydrogens is 304 g/mol. The minimum Gasteiger partial charge on any atom is -0.284 e. The van der Waals surface area contributed by atoms with Crippen LogP contribution < -0.4 is 0 Å². The third-order valence-corrected chi connectivity index (χ3v) is 3.94. The van der Waals surface area contributed by atoms with E-state index in [1.54, 1.807) is 6.07 Å². The predicted octanol–water partition coefficient (Wildman–Crippen LogP) is 4.08. The summed E-state index contributed by atoms with van der Waals surface area (Å²) in [7, 11) is 0. The highest BCUT2D eigenvalue weighted by Crippen LogP contribution is 2.28. The first-order valence-electron chi connectivity index (χ1n) is 7.49. The first kappa shape index (κ1) is 15.7. The summed E-state index contributed by atoms with van der Waals surface area (Å²) in [5.41, 5.74) is 3.28. The summed E-state index contributed by atoms with van der Waals surface area (Å²) in [6.07, 6.45) is 1.33. The van der Waals surface area contributed by atoms with E-state index in [2.05, 4.69) is 31.8 Å². The van der Waals surface area contributed by atoms with Gasteiger partial charge in [-0.1, -0.05) is 45.0 Å². The third kappa shape index (κ3) is 2.61. The van der Waals surface area contributed by atoms with Crippen LogP contribution in [0.4, 0.5) is 5.69 Å². The maximum Gasteiger partial charge on any atom is 0.286 e.